The molecular weight excluding hydrogens is 394 g/mol. The third kappa shape index (κ3) is 5.84. The third-order valence-electron chi connectivity index (χ3n) is 2.28. The second-order valence-corrected chi connectivity index (χ2v) is 8.73. The highest BCUT2D eigenvalue weighted by atomic mass is 79.9. The van der Waals surface area contributed by atoms with Crippen molar-refractivity contribution in [2.24, 2.45) is 0 Å². The molecular formula is C15H19BrF2O4S. The van der Waals surface area contributed by atoms with Gasteiger partial charge >= 0.3 is 16.8 Å². The Morgan fingerprint density at radius 1 is 1.00 bits per heavy atom. The molecule has 0 bridgehead atoms. The number of hydrogen-bond donors (Lipinski definition) is 0. The smallest absolute Gasteiger partial charge is 0.349 e. The summed E-state index contributed by atoms with van der Waals surface area (Å²) in [6.45, 7) is 9.74. The monoisotopic (exact) mass is 412 g/mol. The van der Waals surface area contributed by atoms with E-state index in [1.165, 1.54) is 5.38 Å². The molecule has 0 aromatic carbocycles. The van der Waals surface area contributed by atoms with Crippen LogP contribution in [0.2, 0.25) is 0 Å². The second-order valence-electron chi connectivity index (χ2n) is 6.86. The first kappa shape index (κ1) is 20.0. The highest BCUT2D eigenvalue weighted by Crippen LogP contribution is 2.42. The molecule has 0 spiro atoms. The Balaban J connectivity index is 3.31. The van der Waals surface area contributed by atoms with Crippen molar-refractivity contribution in [3.8, 4) is 0 Å². The van der Waals surface area contributed by atoms with Crippen molar-refractivity contribution in [1.29, 1.82) is 0 Å². The molecule has 0 saturated carbocycles. The molecule has 130 valence electrons. The number of ether oxygens (including phenoxy) is 2. The lowest BCUT2D eigenvalue weighted by molar-refractivity contribution is 0.00566. The first-order valence-corrected chi connectivity index (χ1v) is 8.44. The van der Waals surface area contributed by atoms with Crippen molar-refractivity contribution in [3.05, 3.63) is 21.4 Å². The predicted octanol–water partition coefficient (Wildman–Crippen LogP) is 5.10. The van der Waals surface area contributed by atoms with Gasteiger partial charge in [0.15, 0.2) is 0 Å². The van der Waals surface area contributed by atoms with Gasteiger partial charge < -0.3 is 9.47 Å². The Labute approximate surface area is 146 Å². The van der Waals surface area contributed by atoms with Crippen LogP contribution in [0.5, 0.6) is 0 Å². The zero-order chi connectivity index (χ0) is 18.2. The second kappa shape index (κ2) is 6.47. The largest absolute Gasteiger partial charge is 0.456 e. The molecule has 1 aromatic heterocycles. The summed E-state index contributed by atoms with van der Waals surface area (Å²) in [5.74, 6) is -1.83. The first-order chi connectivity index (χ1) is 10.1. The molecule has 0 saturated heterocycles. The Bertz CT molecular complexity index is 561. The van der Waals surface area contributed by atoms with Gasteiger partial charge in [0.05, 0.1) is 11.1 Å². The van der Waals surface area contributed by atoms with Crippen LogP contribution in [0.25, 0.3) is 0 Å². The third-order valence-corrected chi connectivity index (χ3v) is 3.63. The molecule has 0 aliphatic rings. The fourth-order valence-electron chi connectivity index (χ4n) is 1.60. The van der Waals surface area contributed by atoms with Gasteiger partial charge in [-0.05, 0) is 57.5 Å². The lowest BCUT2D eigenvalue weighted by atomic mass is 10.1. The molecule has 0 radical (unpaired) electrons. The van der Waals surface area contributed by atoms with Gasteiger partial charge in [0.2, 0.25) is 0 Å². The number of halogens is 3. The van der Waals surface area contributed by atoms with Crippen molar-refractivity contribution in [2.45, 2.75) is 57.6 Å². The lowest BCUT2D eigenvalue weighted by Crippen LogP contribution is -2.27. The molecule has 1 aromatic rings. The molecule has 0 unspecified atom stereocenters. The van der Waals surface area contributed by atoms with E-state index in [2.05, 4.69) is 15.9 Å². The van der Waals surface area contributed by atoms with Gasteiger partial charge in [-0.1, -0.05) is 0 Å². The van der Waals surface area contributed by atoms with E-state index in [-0.39, 0.29) is 10.4 Å². The summed E-state index contributed by atoms with van der Waals surface area (Å²) in [7, 11) is 0. The number of alkyl halides is 3. The normalized spacial score (nSPS) is 12.9. The molecule has 8 heteroatoms. The van der Waals surface area contributed by atoms with Gasteiger partial charge in [0.25, 0.3) is 0 Å². The summed E-state index contributed by atoms with van der Waals surface area (Å²) < 4.78 is 38.0. The van der Waals surface area contributed by atoms with Crippen LogP contribution in [0.4, 0.5) is 8.78 Å². The zero-order valence-corrected chi connectivity index (χ0v) is 16.2. The standard InChI is InChI=1S/C15H19BrF2O4S/c1-13(2,3)21-11(19)8-7-23-10(9(8)15(16,17)18)12(20)22-14(4,5)6/h7H,1-6H3. The van der Waals surface area contributed by atoms with Crippen molar-refractivity contribution in [1.82, 2.24) is 0 Å². The van der Waals surface area contributed by atoms with Gasteiger partial charge in [-0.15, -0.1) is 11.3 Å². The fourth-order valence-corrected chi connectivity index (χ4v) is 3.08. The van der Waals surface area contributed by atoms with Gasteiger partial charge in [-0.25, -0.2) is 9.59 Å². The number of esters is 2. The van der Waals surface area contributed by atoms with Crippen molar-refractivity contribution < 1.29 is 27.8 Å². The van der Waals surface area contributed by atoms with E-state index < -0.39 is 33.5 Å². The molecule has 0 aliphatic carbocycles. The van der Waals surface area contributed by atoms with Crippen LogP contribution in [0, 0.1) is 0 Å². The van der Waals surface area contributed by atoms with E-state index in [0.29, 0.717) is 0 Å². The minimum absolute atomic E-state index is 0.331. The van der Waals surface area contributed by atoms with E-state index in [0.717, 1.165) is 11.3 Å². The number of thiophene rings is 1. The predicted molar refractivity (Wildman–Crippen MR) is 87.5 cm³/mol. The maximum absolute atomic E-state index is 13.9. The van der Waals surface area contributed by atoms with Crippen molar-refractivity contribution in [2.75, 3.05) is 0 Å². The van der Waals surface area contributed by atoms with Crippen LogP contribution in [0.3, 0.4) is 0 Å². The molecule has 0 N–H and O–H groups in total. The Kier molecular flexibility index (Phi) is 5.63. The van der Waals surface area contributed by atoms with E-state index in [4.69, 9.17) is 9.47 Å². The summed E-state index contributed by atoms with van der Waals surface area (Å²) in [6, 6.07) is 0. The molecule has 1 rings (SSSR count). The molecule has 23 heavy (non-hydrogen) atoms. The van der Waals surface area contributed by atoms with Crippen molar-refractivity contribution in [3.63, 3.8) is 0 Å². The zero-order valence-electron chi connectivity index (χ0n) is 13.8. The number of carbonyl (C=O) groups is 2. The van der Waals surface area contributed by atoms with Gasteiger partial charge in [0, 0.05) is 5.38 Å². The van der Waals surface area contributed by atoms with E-state index >= 15 is 0 Å². The van der Waals surface area contributed by atoms with Crippen molar-refractivity contribution >= 4 is 39.2 Å². The number of rotatable bonds is 3. The maximum Gasteiger partial charge on any atom is 0.349 e. The molecule has 0 fully saturated rings. The summed E-state index contributed by atoms with van der Waals surface area (Å²) in [5.41, 5.74) is -2.77. The maximum atomic E-state index is 13.9. The molecule has 1 heterocycles. The fraction of sp³-hybridized carbons (Fsp3) is 0.600. The topological polar surface area (TPSA) is 52.6 Å². The Hall–Kier alpha value is -1.02. The molecule has 4 nitrogen and oxygen atoms in total. The minimum atomic E-state index is -3.56. The summed E-state index contributed by atoms with van der Waals surface area (Å²) in [6.07, 6.45) is 0. The highest BCUT2D eigenvalue weighted by molar-refractivity contribution is 9.09. The van der Waals surface area contributed by atoms with Crippen LogP contribution in [0.15, 0.2) is 5.38 Å². The van der Waals surface area contributed by atoms with Crippen LogP contribution in [-0.2, 0) is 14.3 Å². The average molecular weight is 413 g/mol. The summed E-state index contributed by atoms with van der Waals surface area (Å²) in [4.78, 5) is 20.4. The van der Waals surface area contributed by atoms with Crippen LogP contribution in [0.1, 0.15) is 67.1 Å². The molecule has 0 aliphatic heterocycles. The van der Waals surface area contributed by atoms with E-state index in [9.17, 15) is 18.4 Å². The van der Waals surface area contributed by atoms with Gasteiger partial charge in [-0.3, -0.25) is 0 Å². The summed E-state index contributed by atoms with van der Waals surface area (Å²) in [5, 5.41) is 1.18. The number of hydrogen-bond acceptors (Lipinski definition) is 5. The van der Waals surface area contributed by atoms with E-state index in [1.807, 2.05) is 0 Å². The lowest BCUT2D eigenvalue weighted by Gasteiger charge is -2.21. The highest BCUT2D eigenvalue weighted by Gasteiger charge is 2.41. The quantitative estimate of drug-likeness (QED) is 0.511. The van der Waals surface area contributed by atoms with E-state index in [1.54, 1.807) is 41.5 Å². The van der Waals surface area contributed by atoms with Crippen LogP contribution >= 0.6 is 27.3 Å². The Morgan fingerprint density at radius 2 is 1.43 bits per heavy atom. The van der Waals surface area contributed by atoms with Crippen LogP contribution in [-0.4, -0.2) is 23.1 Å². The van der Waals surface area contributed by atoms with Gasteiger partial charge in [-0.2, -0.15) is 8.78 Å². The molecule has 0 atom stereocenters. The number of carbonyl (C=O) groups excluding carboxylic acids is 2. The van der Waals surface area contributed by atoms with Crippen LogP contribution < -0.4 is 0 Å². The SMILES string of the molecule is CC(C)(C)OC(=O)c1csc(C(=O)OC(C)(C)C)c1C(F)(F)Br. The Morgan fingerprint density at radius 3 is 1.83 bits per heavy atom. The minimum Gasteiger partial charge on any atom is -0.456 e. The molecule has 0 amide bonds. The van der Waals surface area contributed by atoms with Gasteiger partial charge in [0.1, 0.15) is 16.1 Å². The average Bonchev–Trinajstić information content (AvgIpc) is 2.67. The summed E-state index contributed by atoms with van der Waals surface area (Å²) >= 11 is 2.94. The first-order valence-electron chi connectivity index (χ1n) is 6.77.